The molecule has 1 N–H and O–H groups in total. The van der Waals surface area contributed by atoms with E-state index < -0.39 is 0 Å². The standard InChI is InChI=1S/C8H14O/c1-2-3-4-5-6-7-8-9/h9H,2-4,7-8H2,1H3. The monoisotopic (exact) mass is 126 g/mol. The van der Waals surface area contributed by atoms with Crippen LogP contribution < -0.4 is 0 Å². The summed E-state index contributed by atoms with van der Waals surface area (Å²) in [7, 11) is 0. The largest absolute Gasteiger partial charge is 0.395 e. The molecule has 0 aliphatic carbocycles. The summed E-state index contributed by atoms with van der Waals surface area (Å²) in [6.45, 7) is 2.34. The topological polar surface area (TPSA) is 20.2 Å². The smallest absolute Gasteiger partial charge is 0.0540 e. The number of aliphatic hydroxyl groups is 1. The summed E-state index contributed by atoms with van der Waals surface area (Å²) < 4.78 is 0. The van der Waals surface area contributed by atoms with Crippen molar-refractivity contribution in [1.82, 2.24) is 0 Å². The molecular formula is C8H14O. The molecule has 0 unspecified atom stereocenters. The van der Waals surface area contributed by atoms with E-state index in [1.165, 1.54) is 12.8 Å². The van der Waals surface area contributed by atoms with Crippen LogP contribution in [0.25, 0.3) is 0 Å². The zero-order valence-corrected chi connectivity index (χ0v) is 5.98. The zero-order valence-electron chi connectivity index (χ0n) is 5.98. The Morgan fingerprint density at radius 3 is 2.44 bits per heavy atom. The minimum absolute atomic E-state index is 0.194. The van der Waals surface area contributed by atoms with Gasteiger partial charge in [-0.2, -0.15) is 0 Å². The van der Waals surface area contributed by atoms with Crippen molar-refractivity contribution < 1.29 is 5.11 Å². The van der Waals surface area contributed by atoms with Crippen LogP contribution in [0.4, 0.5) is 0 Å². The summed E-state index contributed by atoms with van der Waals surface area (Å²) in [6.07, 6.45) is 3.99. The van der Waals surface area contributed by atoms with Gasteiger partial charge in [-0.3, -0.25) is 0 Å². The molecule has 0 heterocycles. The molecule has 0 aromatic rings. The zero-order chi connectivity index (χ0) is 6.95. The summed E-state index contributed by atoms with van der Waals surface area (Å²) >= 11 is 0. The van der Waals surface area contributed by atoms with Crippen molar-refractivity contribution in [3.05, 3.63) is 0 Å². The fraction of sp³-hybridized carbons (Fsp3) is 0.750. The second-order valence-corrected chi connectivity index (χ2v) is 1.93. The van der Waals surface area contributed by atoms with Crippen molar-refractivity contribution in [2.45, 2.75) is 32.6 Å². The van der Waals surface area contributed by atoms with Gasteiger partial charge in [-0.25, -0.2) is 0 Å². The summed E-state index contributed by atoms with van der Waals surface area (Å²) in [5.74, 6) is 5.85. The van der Waals surface area contributed by atoms with Crippen molar-refractivity contribution in [3.8, 4) is 11.8 Å². The molecule has 0 bridgehead atoms. The molecule has 0 aromatic carbocycles. The number of aliphatic hydroxyl groups excluding tert-OH is 1. The first kappa shape index (κ1) is 8.52. The highest BCUT2D eigenvalue weighted by Gasteiger charge is 1.75. The van der Waals surface area contributed by atoms with Crippen molar-refractivity contribution in [1.29, 1.82) is 0 Å². The molecule has 0 saturated heterocycles. The highest BCUT2D eigenvalue weighted by atomic mass is 16.2. The third-order valence-electron chi connectivity index (χ3n) is 1.02. The normalized spacial score (nSPS) is 8.22. The third kappa shape index (κ3) is 7.52. The predicted molar refractivity (Wildman–Crippen MR) is 39.0 cm³/mol. The average Bonchev–Trinajstić information content (AvgIpc) is 1.89. The maximum absolute atomic E-state index is 8.32. The lowest BCUT2D eigenvalue weighted by atomic mass is 10.2. The van der Waals surface area contributed by atoms with Crippen LogP contribution in [0.1, 0.15) is 32.6 Å². The van der Waals surface area contributed by atoms with Gasteiger partial charge in [-0.05, 0) is 6.42 Å². The first-order valence-electron chi connectivity index (χ1n) is 3.48. The van der Waals surface area contributed by atoms with Crippen LogP contribution in [0, 0.1) is 11.8 Å². The Morgan fingerprint density at radius 2 is 1.89 bits per heavy atom. The van der Waals surface area contributed by atoms with Crippen molar-refractivity contribution in [2.24, 2.45) is 0 Å². The van der Waals surface area contributed by atoms with Gasteiger partial charge in [0.25, 0.3) is 0 Å². The van der Waals surface area contributed by atoms with Gasteiger partial charge in [0.2, 0.25) is 0 Å². The molecule has 0 aliphatic rings. The fourth-order valence-electron chi connectivity index (χ4n) is 0.498. The summed E-state index contributed by atoms with van der Waals surface area (Å²) in [6, 6.07) is 0. The first-order valence-corrected chi connectivity index (χ1v) is 3.48. The molecule has 9 heavy (non-hydrogen) atoms. The molecule has 0 fully saturated rings. The molecule has 0 radical (unpaired) electrons. The number of rotatable bonds is 3. The molecule has 0 rings (SSSR count). The van der Waals surface area contributed by atoms with Crippen LogP contribution >= 0.6 is 0 Å². The lowest BCUT2D eigenvalue weighted by molar-refractivity contribution is 0.305. The maximum Gasteiger partial charge on any atom is 0.0540 e. The fourth-order valence-corrected chi connectivity index (χ4v) is 0.498. The van der Waals surface area contributed by atoms with E-state index in [4.69, 9.17) is 5.11 Å². The van der Waals surface area contributed by atoms with E-state index in [0.29, 0.717) is 6.42 Å². The van der Waals surface area contributed by atoms with Gasteiger partial charge >= 0.3 is 0 Å². The molecule has 1 nitrogen and oxygen atoms in total. The van der Waals surface area contributed by atoms with Gasteiger partial charge in [0.1, 0.15) is 0 Å². The van der Waals surface area contributed by atoms with Gasteiger partial charge in [-0.1, -0.05) is 13.3 Å². The minimum Gasteiger partial charge on any atom is -0.395 e. The highest BCUT2D eigenvalue weighted by molar-refractivity contribution is 4.98. The molecule has 0 amide bonds. The van der Waals surface area contributed by atoms with E-state index in [9.17, 15) is 0 Å². The van der Waals surface area contributed by atoms with Crippen LogP contribution in [-0.2, 0) is 0 Å². The van der Waals surface area contributed by atoms with Gasteiger partial charge in [0, 0.05) is 12.8 Å². The summed E-state index contributed by atoms with van der Waals surface area (Å²) in [5.41, 5.74) is 0. The van der Waals surface area contributed by atoms with Crippen LogP contribution in [0.2, 0.25) is 0 Å². The molecule has 0 aliphatic heterocycles. The van der Waals surface area contributed by atoms with E-state index in [0.717, 1.165) is 6.42 Å². The Bertz CT molecular complexity index is 96.9. The molecule has 0 aromatic heterocycles. The van der Waals surface area contributed by atoms with E-state index in [1.807, 2.05) is 0 Å². The summed E-state index contributed by atoms with van der Waals surface area (Å²) in [5, 5.41) is 8.32. The Morgan fingerprint density at radius 1 is 1.22 bits per heavy atom. The Balaban J connectivity index is 2.96. The van der Waals surface area contributed by atoms with E-state index in [-0.39, 0.29) is 6.61 Å². The quantitative estimate of drug-likeness (QED) is 0.449. The Kier molecular flexibility index (Phi) is 7.12. The minimum atomic E-state index is 0.194. The molecule has 0 atom stereocenters. The third-order valence-corrected chi connectivity index (χ3v) is 1.02. The lowest BCUT2D eigenvalue weighted by Crippen LogP contribution is -1.75. The Hall–Kier alpha value is -0.480. The lowest BCUT2D eigenvalue weighted by Gasteiger charge is -1.83. The van der Waals surface area contributed by atoms with Crippen LogP contribution in [0.5, 0.6) is 0 Å². The SMILES string of the molecule is CCCCC#CCCO. The van der Waals surface area contributed by atoms with Gasteiger partial charge in [0.05, 0.1) is 6.61 Å². The second-order valence-electron chi connectivity index (χ2n) is 1.93. The molecule has 0 saturated carbocycles. The van der Waals surface area contributed by atoms with Crippen molar-refractivity contribution >= 4 is 0 Å². The second kappa shape index (κ2) is 7.52. The molecule has 1 heteroatoms. The number of unbranched alkanes of at least 4 members (excludes halogenated alkanes) is 2. The van der Waals surface area contributed by atoms with E-state index >= 15 is 0 Å². The van der Waals surface area contributed by atoms with Gasteiger partial charge in [0.15, 0.2) is 0 Å². The highest BCUT2D eigenvalue weighted by Crippen LogP contribution is 1.90. The Labute approximate surface area is 57.1 Å². The van der Waals surface area contributed by atoms with E-state index in [2.05, 4.69) is 18.8 Å². The molecule has 52 valence electrons. The first-order chi connectivity index (χ1) is 4.41. The van der Waals surface area contributed by atoms with E-state index in [1.54, 1.807) is 0 Å². The maximum atomic E-state index is 8.32. The molecular weight excluding hydrogens is 112 g/mol. The number of hydrogen-bond donors (Lipinski definition) is 1. The van der Waals surface area contributed by atoms with Crippen molar-refractivity contribution in [2.75, 3.05) is 6.61 Å². The molecule has 0 spiro atoms. The van der Waals surface area contributed by atoms with Gasteiger partial charge < -0.3 is 5.11 Å². The van der Waals surface area contributed by atoms with Gasteiger partial charge in [-0.15, -0.1) is 11.8 Å². The van der Waals surface area contributed by atoms with Crippen LogP contribution in [-0.4, -0.2) is 11.7 Å². The average molecular weight is 126 g/mol. The number of hydrogen-bond acceptors (Lipinski definition) is 1. The van der Waals surface area contributed by atoms with Crippen molar-refractivity contribution in [3.63, 3.8) is 0 Å². The van der Waals surface area contributed by atoms with Crippen LogP contribution in [0.15, 0.2) is 0 Å². The van der Waals surface area contributed by atoms with Crippen LogP contribution in [0.3, 0.4) is 0 Å². The predicted octanol–water partition coefficient (Wildman–Crippen LogP) is 1.56. The summed E-state index contributed by atoms with van der Waals surface area (Å²) in [4.78, 5) is 0.